The minimum Gasteiger partial charge on any atom is -0.396 e. The first kappa shape index (κ1) is 15.7. The number of nitrogens with one attached hydrogen (secondary N) is 1. The van der Waals surface area contributed by atoms with Crippen molar-refractivity contribution >= 4 is 5.69 Å². The second-order valence-corrected chi connectivity index (χ2v) is 5.68. The highest BCUT2D eigenvalue weighted by molar-refractivity contribution is 5.48. The second kappa shape index (κ2) is 6.70. The summed E-state index contributed by atoms with van der Waals surface area (Å²) in [6.45, 7) is 8.75. The van der Waals surface area contributed by atoms with Crippen molar-refractivity contribution in [1.29, 1.82) is 0 Å². The van der Waals surface area contributed by atoms with Gasteiger partial charge in [0.1, 0.15) is 0 Å². The zero-order valence-corrected chi connectivity index (χ0v) is 12.4. The van der Waals surface area contributed by atoms with Crippen molar-refractivity contribution in [3.05, 3.63) is 22.1 Å². The fourth-order valence-electron chi connectivity index (χ4n) is 1.91. The third-order valence-corrected chi connectivity index (χ3v) is 2.86. The van der Waals surface area contributed by atoms with Crippen molar-refractivity contribution < 1.29 is 5.11 Å². The van der Waals surface area contributed by atoms with Crippen molar-refractivity contribution in [3.8, 4) is 0 Å². The van der Waals surface area contributed by atoms with E-state index in [1.54, 1.807) is 6.20 Å². The Balaban J connectivity index is 3.13. The molecule has 0 unspecified atom stereocenters. The molecule has 1 aromatic rings. The molecule has 0 aromatic carbocycles. The van der Waals surface area contributed by atoms with Crippen LogP contribution in [-0.4, -0.2) is 28.0 Å². The molecule has 5 heteroatoms. The Morgan fingerprint density at radius 3 is 2.63 bits per heavy atom. The molecule has 0 aliphatic rings. The van der Waals surface area contributed by atoms with E-state index in [2.05, 4.69) is 17.3 Å². The summed E-state index contributed by atoms with van der Waals surface area (Å²) < 4.78 is 1.54. The van der Waals surface area contributed by atoms with Gasteiger partial charge in [-0.25, -0.2) is 4.68 Å². The molecular weight excluding hydrogens is 242 g/mol. The van der Waals surface area contributed by atoms with Crippen molar-refractivity contribution in [3.63, 3.8) is 0 Å². The molecule has 5 nitrogen and oxygen atoms in total. The number of hydrogen-bond acceptors (Lipinski definition) is 4. The van der Waals surface area contributed by atoms with Gasteiger partial charge in [-0.15, -0.1) is 0 Å². The third-order valence-electron chi connectivity index (χ3n) is 2.86. The first-order chi connectivity index (χ1) is 8.91. The quantitative estimate of drug-likeness (QED) is 0.771. The zero-order chi connectivity index (χ0) is 14.5. The maximum absolute atomic E-state index is 12.5. The molecular formula is C14H25N3O2. The Hall–Kier alpha value is -1.36. The van der Waals surface area contributed by atoms with Gasteiger partial charge in [-0.2, -0.15) is 5.10 Å². The Bertz CT molecular complexity index is 461. The predicted octanol–water partition coefficient (Wildman–Crippen LogP) is 1.75. The molecule has 0 fully saturated rings. The number of aliphatic hydroxyl groups is 1. The van der Waals surface area contributed by atoms with Crippen LogP contribution in [0.15, 0.2) is 11.0 Å². The van der Waals surface area contributed by atoms with Gasteiger partial charge in [0.25, 0.3) is 5.56 Å². The van der Waals surface area contributed by atoms with Crippen LogP contribution in [-0.2, 0) is 12.0 Å². The van der Waals surface area contributed by atoms with Gasteiger partial charge < -0.3 is 10.4 Å². The SMILES string of the molecule is CCCc1c(NCCCO)cnn(C(C)(C)C)c1=O. The monoisotopic (exact) mass is 267 g/mol. The summed E-state index contributed by atoms with van der Waals surface area (Å²) in [7, 11) is 0. The van der Waals surface area contributed by atoms with E-state index in [1.165, 1.54) is 4.68 Å². The molecule has 0 bridgehead atoms. The number of hydrogen-bond donors (Lipinski definition) is 2. The molecule has 108 valence electrons. The molecule has 19 heavy (non-hydrogen) atoms. The standard InChI is InChI=1S/C14H25N3O2/c1-5-7-11-12(15-8-6-9-18)10-16-17(13(11)19)14(2,3)4/h10,15,18H,5-9H2,1-4H3. The lowest BCUT2D eigenvalue weighted by Crippen LogP contribution is -2.38. The average molecular weight is 267 g/mol. The number of rotatable bonds is 6. The van der Waals surface area contributed by atoms with Crippen LogP contribution in [0.5, 0.6) is 0 Å². The van der Waals surface area contributed by atoms with Crippen LogP contribution in [0.25, 0.3) is 0 Å². The summed E-state index contributed by atoms with van der Waals surface area (Å²) in [6, 6.07) is 0. The lowest BCUT2D eigenvalue weighted by atomic mass is 10.1. The van der Waals surface area contributed by atoms with Crippen molar-refractivity contribution in [2.24, 2.45) is 0 Å². The molecule has 0 aliphatic carbocycles. The van der Waals surface area contributed by atoms with E-state index in [9.17, 15) is 4.79 Å². The molecule has 1 aromatic heterocycles. The van der Waals surface area contributed by atoms with E-state index in [0.717, 1.165) is 24.1 Å². The van der Waals surface area contributed by atoms with E-state index in [4.69, 9.17) is 5.11 Å². The smallest absolute Gasteiger partial charge is 0.272 e. The molecule has 0 saturated heterocycles. The highest BCUT2D eigenvalue weighted by atomic mass is 16.3. The molecule has 1 heterocycles. The van der Waals surface area contributed by atoms with Gasteiger partial charge in [-0.05, 0) is 33.6 Å². The first-order valence-corrected chi connectivity index (χ1v) is 6.88. The van der Waals surface area contributed by atoms with Gasteiger partial charge in [-0.1, -0.05) is 13.3 Å². The average Bonchev–Trinajstić information content (AvgIpc) is 2.32. The summed E-state index contributed by atoms with van der Waals surface area (Å²) >= 11 is 0. The van der Waals surface area contributed by atoms with Crippen LogP contribution in [0.4, 0.5) is 5.69 Å². The molecule has 0 radical (unpaired) electrons. The summed E-state index contributed by atoms with van der Waals surface area (Å²) in [5, 5.41) is 16.2. The molecule has 0 amide bonds. The first-order valence-electron chi connectivity index (χ1n) is 6.88. The molecule has 0 spiro atoms. The number of anilines is 1. The van der Waals surface area contributed by atoms with E-state index in [1.807, 2.05) is 20.8 Å². The molecule has 0 aliphatic heterocycles. The van der Waals surface area contributed by atoms with Crippen LogP contribution in [0.2, 0.25) is 0 Å². The van der Waals surface area contributed by atoms with Crippen molar-refractivity contribution in [1.82, 2.24) is 9.78 Å². The zero-order valence-electron chi connectivity index (χ0n) is 12.4. The van der Waals surface area contributed by atoms with E-state index >= 15 is 0 Å². The third kappa shape index (κ3) is 4.06. The largest absolute Gasteiger partial charge is 0.396 e. The van der Waals surface area contributed by atoms with Gasteiger partial charge in [-0.3, -0.25) is 4.79 Å². The fourth-order valence-corrected chi connectivity index (χ4v) is 1.91. The van der Waals surface area contributed by atoms with Crippen molar-refractivity contribution in [2.45, 2.75) is 52.5 Å². The normalized spacial score (nSPS) is 11.6. The highest BCUT2D eigenvalue weighted by Crippen LogP contribution is 2.15. The van der Waals surface area contributed by atoms with E-state index in [-0.39, 0.29) is 17.7 Å². The Morgan fingerprint density at radius 1 is 1.42 bits per heavy atom. The Labute approximate surface area is 114 Å². The second-order valence-electron chi connectivity index (χ2n) is 5.68. The highest BCUT2D eigenvalue weighted by Gasteiger charge is 2.19. The van der Waals surface area contributed by atoms with E-state index < -0.39 is 0 Å². The summed E-state index contributed by atoms with van der Waals surface area (Å²) in [5.74, 6) is 0. The molecule has 1 rings (SSSR count). The van der Waals surface area contributed by atoms with Crippen LogP contribution >= 0.6 is 0 Å². The van der Waals surface area contributed by atoms with E-state index in [0.29, 0.717) is 13.0 Å². The summed E-state index contributed by atoms with van der Waals surface area (Å²) in [4.78, 5) is 12.5. The fraction of sp³-hybridized carbons (Fsp3) is 0.714. The summed E-state index contributed by atoms with van der Waals surface area (Å²) in [6.07, 6.45) is 4.03. The molecule has 2 N–H and O–H groups in total. The minimum atomic E-state index is -0.316. The van der Waals surface area contributed by atoms with Crippen LogP contribution in [0.1, 0.15) is 46.1 Å². The Kier molecular flexibility index (Phi) is 5.54. The van der Waals surface area contributed by atoms with Gasteiger partial charge in [0.15, 0.2) is 0 Å². The Morgan fingerprint density at radius 2 is 2.11 bits per heavy atom. The van der Waals surface area contributed by atoms with Crippen molar-refractivity contribution in [2.75, 3.05) is 18.5 Å². The number of nitrogens with zero attached hydrogens (tertiary/aromatic N) is 2. The van der Waals surface area contributed by atoms with Gasteiger partial charge in [0, 0.05) is 18.7 Å². The lowest BCUT2D eigenvalue weighted by molar-refractivity contribution is 0.292. The summed E-state index contributed by atoms with van der Waals surface area (Å²) in [5.41, 5.74) is 1.23. The maximum atomic E-state index is 12.5. The van der Waals surface area contributed by atoms with Gasteiger partial charge in [0.2, 0.25) is 0 Å². The minimum absolute atomic E-state index is 0.0247. The van der Waals surface area contributed by atoms with Crippen LogP contribution < -0.4 is 10.9 Å². The number of aliphatic hydroxyl groups excluding tert-OH is 1. The van der Waals surface area contributed by atoms with Crippen LogP contribution in [0, 0.1) is 0 Å². The number of aromatic nitrogens is 2. The maximum Gasteiger partial charge on any atom is 0.272 e. The lowest BCUT2D eigenvalue weighted by Gasteiger charge is -2.22. The molecule has 0 atom stereocenters. The molecule has 0 saturated carbocycles. The van der Waals surface area contributed by atoms with Gasteiger partial charge >= 0.3 is 0 Å². The predicted molar refractivity (Wildman–Crippen MR) is 77.7 cm³/mol. The van der Waals surface area contributed by atoms with Crippen LogP contribution in [0.3, 0.4) is 0 Å². The van der Waals surface area contributed by atoms with Gasteiger partial charge in [0.05, 0.1) is 17.4 Å². The topological polar surface area (TPSA) is 67.2 Å².